The summed E-state index contributed by atoms with van der Waals surface area (Å²) < 4.78 is 15.7. The highest BCUT2D eigenvalue weighted by Crippen LogP contribution is 2.13. The number of hydrogen-bond donors (Lipinski definition) is 3. The molecule has 0 aromatic carbocycles. The van der Waals surface area contributed by atoms with E-state index in [9.17, 15) is 0 Å². The van der Waals surface area contributed by atoms with Crippen molar-refractivity contribution in [1.82, 2.24) is 5.32 Å². The van der Waals surface area contributed by atoms with Gasteiger partial charge in [0.05, 0.1) is 0 Å². The van der Waals surface area contributed by atoms with Gasteiger partial charge in [0.15, 0.2) is 0 Å². The van der Waals surface area contributed by atoms with Crippen molar-refractivity contribution in [2.45, 2.75) is 12.5 Å². The van der Waals surface area contributed by atoms with Gasteiger partial charge >= 0.3 is 13.8 Å². The predicted molar refractivity (Wildman–Crippen MR) is 59.7 cm³/mol. The molecule has 0 radical (unpaired) electrons. The minimum absolute atomic E-state index is 0.750. The Morgan fingerprint density at radius 1 is 1.31 bits per heavy atom. The van der Waals surface area contributed by atoms with E-state index in [1.54, 1.807) is 21.3 Å². The van der Waals surface area contributed by atoms with Crippen LogP contribution < -0.4 is 11.2 Å². The monoisotopic (exact) mass is 256 g/mol. The lowest BCUT2D eigenvalue weighted by Crippen LogP contribution is -2.43. The van der Waals surface area contributed by atoms with E-state index in [2.05, 4.69) is 11.2 Å². The van der Waals surface area contributed by atoms with E-state index in [1.165, 1.54) is 0 Å². The smallest absolute Gasteiger partial charge is 0.377 e. The maximum Gasteiger partial charge on any atom is 0.500 e. The minimum atomic E-state index is -2.29. The molecule has 98 valence electrons. The van der Waals surface area contributed by atoms with E-state index in [-0.39, 0.29) is 0 Å². The van der Waals surface area contributed by atoms with Gasteiger partial charge in [0, 0.05) is 27.4 Å². The Morgan fingerprint density at radius 3 is 1.94 bits per heavy atom. The molecule has 9 heteroatoms. The first-order valence-electron chi connectivity index (χ1n) is 4.68. The first kappa shape index (κ1) is 17.6. The van der Waals surface area contributed by atoms with Gasteiger partial charge in [-0.25, -0.2) is 5.21 Å². The van der Waals surface area contributed by atoms with Crippen molar-refractivity contribution in [3.05, 3.63) is 4.91 Å². The fourth-order valence-corrected chi connectivity index (χ4v) is 2.76. The molecular weight excluding hydrogens is 234 g/mol. The maximum atomic E-state index is 8.69. The second-order valence-corrected chi connectivity index (χ2v) is 5.90. The lowest BCUT2D eigenvalue weighted by molar-refractivity contribution is -0.801. The molecule has 0 heterocycles. The molecule has 0 spiro atoms. The van der Waals surface area contributed by atoms with Gasteiger partial charge in [-0.2, -0.15) is 0 Å². The average molecular weight is 256 g/mol. The van der Waals surface area contributed by atoms with E-state index in [0.717, 1.165) is 19.0 Å². The minimum Gasteiger partial charge on any atom is -0.377 e. The second-order valence-electron chi connectivity index (χ2n) is 2.81. The van der Waals surface area contributed by atoms with E-state index < -0.39 is 13.8 Å². The van der Waals surface area contributed by atoms with Crippen LogP contribution in [0.5, 0.6) is 0 Å². The van der Waals surface area contributed by atoms with E-state index >= 15 is 0 Å². The van der Waals surface area contributed by atoms with E-state index in [1.807, 2.05) is 7.05 Å². The van der Waals surface area contributed by atoms with Gasteiger partial charge in [-0.3, -0.25) is 0 Å². The zero-order valence-electron chi connectivity index (χ0n) is 10.2. The van der Waals surface area contributed by atoms with E-state index in [0.29, 0.717) is 0 Å². The Bertz CT molecular complexity index is 167. The van der Waals surface area contributed by atoms with Crippen LogP contribution in [0.2, 0.25) is 6.04 Å². The van der Waals surface area contributed by atoms with Crippen molar-refractivity contribution < 1.29 is 23.5 Å². The summed E-state index contributed by atoms with van der Waals surface area (Å²) in [6.07, 6.45) is 1.01. The standard InChI is InChI=1S/C7H19NO3Si.H3N2O2/c1-8-6-5-7-12(9-2,10-3)11-4;1-2(3)4/h8H,5-7H2,1-4H3;1H2,(H,3,4)/q;+1. The van der Waals surface area contributed by atoms with Crippen molar-refractivity contribution in [3.63, 3.8) is 0 Å². The Labute approximate surface area is 96.5 Å². The average Bonchev–Trinajstić information content (AvgIpc) is 2.25. The van der Waals surface area contributed by atoms with Crippen molar-refractivity contribution in [1.29, 1.82) is 0 Å². The fourth-order valence-electron chi connectivity index (χ4n) is 1.04. The number of nitrogens with zero attached hydrogens (tertiary/aromatic N) is 1. The molecule has 0 bridgehead atoms. The van der Waals surface area contributed by atoms with Gasteiger partial charge in [-0.05, 0) is 20.0 Å². The summed E-state index contributed by atoms with van der Waals surface area (Å²) in [6, 6.07) is 0.858. The molecule has 0 fully saturated rings. The summed E-state index contributed by atoms with van der Waals surface area (Å²) >= 11 is 0. The molecule has 0 amide bonds. The summed E-state index contributed by atoms with van der Waals surface area (Å²) in [5.74, 6) is 3.94. The van der Waals surface area contributed by atoms with Crippen molar-refractivity contribution in [3.8, 4) is 0 Å². The molecule has 16 heavy (non-hydrogen) atoms. The highest BCUT2D eigenvalue weighted by atomic mass is 28.4. The van der Waals surface area contributed by atoms with E-state index in [4.69, 9.17) is 23.4 Å². The summed E-state index contributed by atoms with van der Waals surface area (Å²) in [5.41, 5.74) is 0. The fraction of sp³-hybridized carbons (Fsp3) is 1.00. The van der Waals surface area contributed by atoms with Gasteiger partial charge in [-0.15, -0.1) is 5.84 Å². The van der Waals surface area contributed by atoms with Crippen molar-refractivity contribution >= 4 is 8.80 Å². The summed E-state index contributed by atoms with van der Waals surface area (Å²) in [7, 11) is 4.54. The highest BCUT2D eigenvalue weighted by Gasteiger charge is 2.36. The molecule has 0 aliphatic rings. The Balaban J connectivity index is 0. The normalized spacial score (nSPS) is 10.5. The molecule has 0 unspecified atom stereocenters. The lowest BCUT2D eigenvalue weighted by Gasteiger charge is -2.24. The van der Waals surface area contributed by atoms with Crippen molar-refractivity contribution in [2.75, 3.05) is 34.9 Å². The first-order chi connectivity index (χ1) is 7.47. The largest absolute Gasteiger partial charge is 0.500 e. The summed E-state index contributed by atoms with van der Waals surface area (Å²) in [6.45, 7) is 0.963. The van der Waals surface area contributed by atoms with Crippen LogP contribution in [0.15, 0.2) is 0 Å². The van der Waals surface area contributed by atoms with Gasteiger partial charge in [0.1, 0.15) is 4.91 Å². The third-order valence-electron chi connectivity index (χ3n) is 1.84. The lowest BCUT2D eigenvalue weighted by atomic mass is 10.5. The van der Waals surface area contributed by atoms with Gasteiger partial charge in [0.2, 0.25) is 0 Å². The Morgan fingerprint density at radius 2 is 1.69 bits per heavy atom. The third-order valence-corrected chi connectivity index (χ3v) is 4.67. The van der Waals surface area contributed by atoms with Crippen LogP contribution in [-0.4, -0.2) is 54.0 Å². The van der Waals surface area contributed by atoms with Crippen LogP contribution in [0.1, 0.15) is 6.42 Å². The van der Waals surface area contributed by atoms with Crippen LogP contribution in [-0.2, 0) is 13.3 Å². The molecule has 0 atom stereocenters. The molecule has 0 rings (SSSR count). The number of nitrogens with two attached hydrogens (primary N) is 1. The predicted octanol–water partition coefficient (Wildman–Crippen LogP) is -0.498. The van der Waals surface area contributed by atoms with Gasteiger partial charge in [0.25, 0.3) is 0 Å². The summed E-state index contributed by atoms with van der Waals surface area (Å²) in [5, 5.41) is 9.43. The highest BCUT2D eigenvalue weighted by molar-refractivity contribution is 6.60. The second kappa shape index (κ2) is 10.8. The molecular formula is C7H22N3O5Si+. The number of hydrazine groups is 1. The number of rotatable bonds is 7. The molecule has 0 aromatic rings. The molecule has 0 aromatic heterocycles. The molecule has 4 N–H and O–H groups in total. The van der Waals surface area contributed by atoms with Gasteiger partial charge in [-0.1, -0.05) is 0 Å². The third kappa shape index (κ3) is 9.80. The summed E-state index contributed by atoms with van der Waals surface area (Å²) in [4.78, 5) is 8.69. The molecule has 0 saturated carbocycles. The SMILES string of the molecule is CNCCC[Si](OC)(OC)OC.N[N+](=O)O. The number of hydrogen-bond acceptors (Lipinski definition) is 5. The molecule has 8 nitrogen and oxygen atoms in total. The first-order valence-corrected chi connectivity index (χ1v) is 6.62. The quantitative estimate of drug-likeness (QED) is 0.244. The Hall–Kier alpha value is -0.743. The van der Waals surface area contributed by atoms with Gasteiger partial charge < -0.3 is 18.6 Å². The topological polar surface area (TPSA) is 106 Å². The van der Waals surface area contributed by atoms with Crippen LogP contribution in [0.3, 0.4) is 0 Å². The van der Waals surface area contributed by atoms with Crippen molar-refractivity contribution in [2.24, 2.45) is 5.84 Å². The Kier molecular flexibility index (Phi) is 11.9. The molecule has 0 aliphatic carbocycles. The van der Waals surface area contributed by atoms with Crippen LogP contribution in [0.25, 0.3) is 0 Å². The van der Waals surface area contributed by atoms with Crippen LogP contribution in [0.4, 0.5) is 0 Å². The zero-order chi connectivity index (χ0) is 13.0. The van der Waals surface area contributed by atoms with Crippen LogP contribution >= 0.6 is 0 Å². The maximum absolute atomic E-state index is 8.69. The molecule has 0 saturated heterocycles. The molecule has 0 aliphatic heterocycles. The van der Waals surface area contributed by atoms with Crippen LogP contribution in [0, 0.1) is 4.91 Å². The zero-order valence-corrected chi connectivity index (χ0v) is 11.2. The number of nitrogens with one attached hydrogen (secondary N) is 1.